The molecule has 3 aromatic rings. The van der Waals surface area contributed by atoms with Gasteiger partial charge in [-0.3, -0.25) is 19.4 Å². The summed E-state index contributed by atoms with van der Waals surface area (Å²) >= 11 is 0. The van der Waals surface area contributed by atoms with Crippen molar-refractivity contribution in [1.29, 1.82) is 0 Å². The number of aryl methyl sites for hydroxylation is 1. The Morgan fingerprint density at radius 2 is 1.88 bits per heavy atom. The molecular weight excluding hydrogens is 543 g/mol. The molecule has 1 saturated heterocycles. The lowest BCUT2D eigenvalue weighted by Crippen LogP contribution is -2.70. The van der Waals surface area contributed by atoms with E-state index in [4.69, 9.17) is 5.73 Å². The fourth-order valence-corrected chi connectivity index (χ4v) is 4.84. The van der Waals surface area contributed by atoms with Gasteiger partial charge in [-0.05, 0) is 48.2 Å². The van der Waals surface area contributed by atoms with Gasteiger partial charge in [-0.25, -0.2) is 14.8 Å². The molecule has 3 atom stereocenters. The van der Waals surface area contributed by atoms with Gasteiger partial charge in [-0.1, -0.05) is 25.5 Å². The number of rotatable bonds is 9. The van der Waals surface area contributed by atoms with Gasteiger partial charge in [0, 0.05) is 32.7 Å². The topological polar surface area (TPSA) is 136 Å². The number of carbonyl (C=O) groups excluding carboxylic acids is 3. The number of nitrogens with two attached hydrogens (primary N) is 1. The molecule has 1 aliphatic rings. The number of benzene rings is 1. The number of imidazole rings is 1. The van der Waals surface area contributed by atoms with E-state index >= 15 is 0 Å². The zero-order valence-electron chi connectivity index (χ0n) is 22.6. The number of imide groups is 1. The number of ether oxygens (including phenoxy) is 1. The zero-order valence-corrected chi connectivity index (χ0v) is 22.6. The SMILES string of the molecule is CCC[C@@H](NC(=O)N1C(=O)[C@H](Cc2ccnc(N)c2)[C@H]1C(=O)N(C)c1nccn1C)c1ccc(OC(F)(F)F)cc1. The molecular formula is C27H30F3N7O4. The number of likely N-dealkylation sites (N-methyl/N-ethyl adjacent to an activating group) is 1. The number of halogens is 3. The van der Waals surface area contributed by atoms with Crippen LogP contribution in [0.3, 0.4) is 0 Å². The first-order chi connectivity index (χ1) is 19.4. The van der Waals surface area contributed by atoms with Crippen molar-refractivity contribution in [3.63, 3.8) is 0 Å². The smallest absolute Gasteiger partial charge is 0.406 e. The zero-order chi connectivity index (χ0) is 29.9. The average Bonchev–Trinajstić information content (AvgIpc) is 3.34. The number of likely N-dealkylation sites (tertiary alicyclic amines) is 1. The van der Waals surface area contributed by atoms with Crippen LogP contribution in [0, 0.1) is 5.92 Å². The lowest BCUT2D eigenvalue weighted by Gasteiger charge is -2.45. The van der Waals surface area contributed by atoms with Gasteiger partial charge in [-0.15, -0.1) is 13.2 Å². The predicted octanol–water partition coefficient (Wildman–Crippen LogP) is 3.58. The summed E-state index contributed by atoms with van der Waals surface area (Å²) in [6.45, 7) is 1.87. The van der Waals surface area contributed by atoms with Crippen LogP contribution in [0.2, 0.25) is 0 Å². The second-order valence-electron chi connectivity index (χ2n) is 9.70. The summed E-state index contributed by atoms with van der Waals surface area (Å²) in [5.74, 6) is -1.72. The highest BCUT2D eigenvalue weighted by atomic mass is 19.4. The van der Waals surface area contributed by atoms with Crippen molar-refractivity contribution < 1.29 is 32.3 Å². The molecule has 1 aromatic carbocycles. The molecule has 41 heavy (non-hydrogen) atoms. The minimum absolute atomic E-state index is 0.152. The first kappa shape index (κ1) is 29.4. The van der Waals surface area contributed by atoms with E-state index in [1.54, 1.807) is 29.9 Å². The molecule has 14 heteroatoms. The van der Waals surface area contributed by atoms with Crippen LogP contribution >= 0.6 is 0 Å². The normalized spacial score (nSPS) is 17.5. The van der Waals surface area contributed by atoms with Crippen molar-refractivity contribution in [2.75, 3.05) is 17.7 Å². The van der Waals surface area contributed by atoms with E-state index in [1.807, 2.05) is 6.92 Å². The maximum absolute atomic E-state index is 13.7. The number of carbonyl (C=O) groups is 3. The van der Waals surface area contributed by atoms with Crippen LogP contribution < -0.4 is 20.7 Å². The van der Waals surface area contributed by atoms with Crippen LogP contribution in [0.5, 0.6) is 5.75 Å². The number of hydrogen-bond acceptors (Lipinski definition) is 7. The number of pyridine rings is 1. The number of amides is 4. The number of hydrogen-bond donors (Lipinski definition) is 2. The van der Waals surface area contributed by atoms with Crippen molar-refractivity contribution in [2.45, 2.75) is 44.6 Å². The Kier molecular flexibility index (Phi) is 8.49. The highest BCUT2D eigenvalue weighted by Crippen LogP contribution is 2.34. The number of urea groups is 1. The van der Waals surface area contributed by atoms with Crippen molar-refractivity contribution in [2.24, 2.45) is 13.0 Å². The second kappa shape index (κ2) is 11.9. The van der Waals surface area contributed by atoms with Gasteiger partial charge in [0.15, 0.2) is 0 Å². The molecule has 4 amide bonds. The van der Waals surface area contributed by atoms with E-state index in [-0.39, 0.29) is 12.2 Å². The Labute approximate surface area is 234 Å². The Morgan fingerprint density at radius 1 is 1.17 bits per heavy atom. The Hall–Kier alpha value is -4.62. The number of nitrogens with zero attached hydrogens (tertiary/aromatic N) is 5. The molecule has 11 nitrogen and oxygen atoms in total. The van der Waals surface area contributed by atoms with Crippen LogP contribution in [-0.4, -0.2) is 56.7 Å². The molecule has 2 aromatic heterocycles. The monoisotopic (exact) mass is 573 g/mol. The summed E-state index contributed by atoms with van der Waals surface area (Å²) in [4.78, 5) is 50.8. The summed E-state index contributed by atoms with van der Waals surface area (Å²) in [5, 5.41) is 2.78. The van der Waals surface area contributed by atoms with Crippen LogP contribution in [0.15, 0.2) is 55.0 Å². The van der Waals surface area contributed by atoms with E-state index in [0.717, 1.165) is 17.0 Å². The third-order valence-electron chi connectivity index (χ3n) is 6.80. The average molecular weight is 574 g/mol. The lowest BCUT2D eigenvalue weighted by atomic mass is 9.81. The Morgan fingerprint density at radius 3 is 2.46 bits per heavy atom. The first-order valence-corrected chi connectivity index (χ1v) is 12.8. The largest absolute Gasteiger partial charge is 0.573 e. The molecule has 0 unspecified atom stereocenters. The van der Waals surface area contributed by atoms with Gasteiger partial charge in [0.2, 0.25) is 11.9 Å². The maximum Gasteiger partial charge on any atom is 0.573 e. The molecule has 218 valence electrons. The van der Waals surface area contributed by atoms with Crippen LogP contribution in [-0.2, 0) is 23.1 Å². The van der Waals surface area contributed by atoms with Crippen LogP contribution in [0.4, 0.5) is 29.7 Å². The van der Waals surface area contributed by atoms with E-state index in [9.17, 15) is 27.6 Å². The van der Waals surface area contributed by atoms with Crippen molar-refractivity contribution >= 4 is 29.6 Å². The van der Waals surface area contributed by atoms with Gasteiger partial charge < -0.3 is 20.4 Å². The highest BCUT2D eigenvalue weighted by Gasteiger charge is 2.55. The van der Waals surface area contributed by atoms with Gasteiger partial charge in [0.05, 0.1) is 12.0 Å². The number of alkyl halides is 3. The van der Waals surface area contributed by atoms with Crippen LogP contribution in [0.25, 0.3) is 0 Å². The number of anilines is 2. The first-order valence-electron chi connectivity index (χ1n) is 12.8. The summed E-state index contributed by atoms with van der Waals surface area (Å²) in [6, 6.07) is 5.84. The summed E-state index contributed by atoms with van der Waals surface area (Å²) < 4.78 is 43.2. The molecule has 4 rings (SSSR count). The standard InChI is InChI=1S/C27H30F3N7O4/c1-4-5-20(17-6-8-18(9-7-17)41-27(28,29)30)34-26(40)37-22(24(39)36(3)25-33-12-13-35(25)2)19(23(37)38)14-16-10-11-32-21(31)15-16/h6-13,15,19-20,22H,4-5,14H2,1-3H3,(H2,31,32)(H,34,40)/t19-,20-,22+/m1/s1. The molecule has 1 aliphatic heterocycles. The molecule has 0 radical (unpaired) electrons. The number of aromatic nitrogens is 3. The third-order valence-corrected chi connectivity index (χ3v) is 6.80. The van der Waals surface area contributed by atoms with E-state index in [2.05, 4.69) is 20.0 Å². The van der Waals surface area contributed by atoms with Crippen molar-refractivity contribution in [3.8, 4) is 5.75 Å². The second-order valence-corrected chi connectivity index (χ2v) is 9.70. The number of nitrogen functional groups attached to an aromatic ring is 1. The Balaban J connectivity index is 1.58. The maximum atomic E-state index is 13.7. The van der Waals surface area contributed by atoms with Crippen LogP contribution in [0.1, 0.15) is 36.9 Å². The summed E-state index contributed by atoms with van der Waals surface area (Å²) in [5.41, 5.74) is 6.98. The fraction of sp³-hybridized carbons (Fsp3) is 0.370. The highest BCUT2D eigenvalue weighted by molar-refractivity contribution is 6.12. The summed E-state index contributed by atoms with van der Waals surface area (Å²) in [7, 11) is 3.22. The minimum Gasteiger partial charge on any atom is -0.406 e. The number of nitrogens with one attached hydrogen (secondary N) is 1. The Bertz CT molecular complexity index is 1410. The third kappa shape index (κ3) is 6.58. The van der Waals surface area contributed by atoms with Gasteiger partial charge in [-0.2, -0.15) is 0 Å². The number of β-lactam (4-membered cyclic amide) rings is 1. The molecule has 0 spiro atoms. The molecule has 0 bridgehead atoms. The lowest BCUT2D eigenvalue weighted by molar-refractivity contribution is -0.274. The molecule has 3 N–H and O–H groups in total. The van der Waals surface area contributed by atoms with Gasteiger partial charge in [0.25, 0.3) is 5.91 Å². The molecule has 3 heterocycles. The minimum atomic E-state index is -4.83. The molecule has 1 fully saturated rings. The molecule has 0 aliphatic carbocycles. The summed E-state index contributed by atoms with van der Waals surface area (Å²) in [6.07, 6.45) is 1.04. The van der Waals surface area contributed by atoms with E-state index < -0.39 is 48.0 Å². The van der Waals surface area contributed by atoms with Gasteiger partial charge in [0.1, 0.15) is 17.6 Å². The van der Waals surface area contributed by atoms with Crippen molar-refractivity contribution in [3.05, 3.63) is 66.1 Å². The predicted molar refractivity (Wildman–Crippen MR) is 142 cm³/mol. The van der Waals surface area contributed by atoms with Gasteiger partial charge >= 0.3 is 12.4 Å². The fourth-order valence-electron chi connectivity index (χ4n) is 4.84. The molecule has 0 saturated carbocycles. The van der Waals surface area contributed by atoms with E-state index in [0.29, 0.717) is 29.9 Å². The van der Waals surface area contributed by atoms with E-state index in [1.165, 1.54) is 36.5 Å². The quantitative estimate of drug-likeness (QED) is 0.374. The van der Waals surface area contributed by atoms with Crippen molar-refractivity contribution in [1.82, 2.24) is 24.8 Å².